The largest absolute Gasteiger partial charge is 0.497 e. The number of nitrogens with zero attached hydrogens (tertiary/aromatic N) is 1. The number of carbonyl (C=O) groups excluding carboxylic acids is 3. The molecule has 1 N–H and O–H groups in total. The molecule has 0 fully saturated rings. The van der Waals surface area contributed by atoms with Crippen LogP contribution in [0.25, 0.3) is 6.08 Å². The Balaban J connectivity index is 1.60. The van der Waals surface area contributed by atoms with Crippen LogP contribution in [0.15, 0.2) is 48.5 Å². The van der Waals surface area contributed by atoms with E-state index in [4.69, 9.17) is 9.47 Å². The maximum absolute atomic E-state index is 12.7. The van der Waals surface area contributed by atoms with E-state index in [1.54, 1.807) is 63.4 Å². The molecule has 0 radical (unpaired) electrons. The summed E-state index contributed by atoms with van der Waals surface area (Å²) in [6.45, 7) is 3.43. The summed E-state index contributed by atoms with van der Waals surface area (Å²) < 4.78 is 35.8. The Morgan fingerprint density at radius 1 is 1.11 bits per heavy atom. The monoisotopic (exact) mass is 528 g/mol. The quantitative estimate of drug-likeness (QED) is 0.286. The van der Waals surface area contributed by atoms with Gasteiger partial charge in [-0.2, -0.15) is 0 Å². The third-order valence-electron chi connectivity index (χ3n) is 5.98. The molecule has 37 heavy (non-hydrogen) atoms. The zero-order valence-corrected chi connectivity index (χ0v) is 22.2. The van der Waals surface area contributed by atoms with Crippen LogP contribution in [-0.4, -0.2) is 58.6 Å². The van der Waals surface area contributed by atoms with Gasteiger partial charge in [0.15, 0.2) is 12.4 Å². The summed E-state index contributed by atoms with van der Waals surface area (Å²) in [6, 6.07) is 11.0. The van der Waals surface area contributed by atoms with E-state index in [0.717, 1.165) is 17.4 Å². The second-order valence-electron chi connectivity index (χ2n) is 9.15. The van der Waals surface area contributed by atoms with E-state index < -0.39 is 40.3 Å². The zero-order valence-electron chi connectivity index (χ0n) is 21.4. The number of nitrogens with one attached hydrogen (secondary N) is 1. The molecular formula is C27H32N2O7S. The Kier molecular flexibility index (Phi) is 9.09. The highest BCUT2D eigenvalue weighted by atomic mass is 32.2. The number of aryl methyl sites for hydroxylation is 1. The Morgan fingerprint density at radius 2 is 1.81 bits per heavy atom. The first-order valence-electron chi connectivity index (χ1n) is 11.9. The van der Waals surface area contributed by atoms with Crippen molar-refractivity contribution in [2.75, 3.05) is 30.8 Å². The molecule has 0 aliphatic carbocycles. The smallest absolute Gasteiger partial charge is 0.329 e. The predicted molar refractivity (Wildman–Crippen MR) is 141 cm³/mol. The van der Waals surface area contributed by atoms with Crippen LogP contribution in [0.5, 0.6) is 5.75 Å². The van der Waals surface area contributed by atoms with Crippen molar-refractivity contribution in [3.8, 4) is 5.75 Å². The van der Waals surface area contributed by atoms with Crippen LogP contribution in [0.1, 0.15) is 41.8 Å². The topological polar surface area (TPSA) is 119 Å². The number of esters is 1. The van der Waals surface area contributed by atoms with Gasteiger partial charge in [-0.1, -0.05) is 26.0 Å². The van der Waals surface area contributed by atoms with Gasteiger partial charge in [0.1, 0.15) is 11.8 Å². The van der Waals surface area contributed by atoms with Crippen LogP contribution < -0.4 is 14.4 Å². The van der Waals surface area contributed by atoms with Gasteiger partial charge in [-0.05, 0) is 66.3 Å². The molecule has 1 aliphatic heterocycles. The molecule has 1 aliphatic rings. The lowest BCUT2D eigenvalue weighted by atomic mass is 9.99. The summed E-state index contributed by atoms with van der Waals surface area (Å²) in [6.07, 6.45) is 5.38. The fourth-order valence-corrected chi connectivity index (χ4v) is 4.97. The number of hydrogen-bond donors (Lipinski definition) is 1. The van der Waals surface area contributed by atoms with Crippen LogP contribution in [0.3, 0.4) is 0 Å². The van der Waals surface area contributed by atoms with Gasteiger partial charge >= 0.3 is 5.97 Å². The maximum Gasteiger partial charge on any atom is 0.329 e. The van der Waals surface area contributed by atoms with E-state index in [9.17, 15) is 22.8 Å². The van der Waals surface area contributed by atoms with E-state index in [-0.39, 0.29) is 5.92 Å². The van der Waals surface area contributed by atoms with Gasteiger partial charge in [-0.15, -0.1) is 0 Å². The van der Waals surface area contributed by atoms with Crippen molar-refractivity contribution in [2.45, 2.75) is 32.7 Å². The molecule has 0 bridgehead atoms. The number of amides is 1. The molecule has 2 aromatic rings. The number of fused-ring (bicyclic) bond motifs is 1. The van der Waals surface area contributed by atoms with Gasteiger partial charge in [0.2, 0.25) is 15.9 Å². The van der Waals surface area contributed by atoms with Crippen LogP contribution in [-0.2, 0) is 30.8 Å². The van der Waals surface area contributed by atoms with Crippen molar-refractivity contribution < 1.29 is 32.3 Å². The van der Waals surface area contributed by atoms with E-state index in [1.807, 2.05) is 0 Å². The SMILES string of the molecule is COc1ccc(/C=C/C(=O)N[C@H](C(=O)OCC(=O)c2ccc3c(c2)CCCN3S(C)(=O)=O)C(C)C)cc1. The highest BCUT2D eigenvalue weighted by molar-refractivity contribution is 7.92. The summed E-state index contributed by atoms with van der Waals surface area (Å²) in [5.74, 6) is -1.17. The molecule has 0 aromatic heterocycles. The lowest BCUT2D eigenvalue weighted by Gasteiger charge is -2.29. The summed E-state index contributed by atoms with van der Waals surface area (Å²) in [5, 5.41) is 2.63. The predicted octanol–water partition coefficient (Wildman–Crippen LogP) is 2.99. The first-order valence-corrected chi connectivity index (χ1v) is 13.8. The molecular weight excluding hydrogens is 496 g/mol. The third kappa shape index (κ3) is 7.42. The number of ether oxygens (including phenoxy) is 2. The molecule has 0 saturated heterocycles. The van der Waals surface area contributed by atoms with Gasteiger partial charge in [0, 0.05) is 18.2 Å². The summed E-state index contributed by atoms with van der Waals surface area (Å²) in [5.41, 5.74) is 2.43. The minimum atomic E-state index is -3.41. The van der Waals surface area contributed by atoms with Crippen LogP contribution in [0.2, 0.25) is 0 Å². The molecule has 0 saturated carbocycles. The summed E-state index contributed by atoms with van der Waals surface area (Å²) in [4.78, 5) is 37.8. The second kappa shape index (κ2) is 12.1. The molecule has 198 valence electrons. The van der Waals surface area contributed by atoms with Crippen molar-refractivity contribution in [3.05, 3.63) is 65.2 Å². The van der Waals surface area contributed by atoms with Gasteiger partial charge in [0.25, 0.3) is 0 Å². The Morgan fingerprint density at radius 3 is 2.43 bits per heavy atom. The number of sulfonamides is 1. The third-order valence-corrected chi connectivity index (χ3v) is 7.16. The van der Waals surface area contributed by atoms with Crippen molar-refractivity contribution in [1.29, 1.82) is 0 Å². The van der Waals surface area contributed by atoms with Crippen molar-refractivity contribution in [2.24, 2.45) is 5.92 Å². The molecule has 1 heterocycles. The molecule has 0 unspecified atom stereocenters. The number of anilines is 1. The standard InChI is InChI=1S/C27H32N2O7S/c1-18(2)26(28-25(31)14-9-19-7-11-22(35-3)12-8-19)27(32)36-17-24(30)21-10-13-23-20(16-21)6-5-15-29(23)37(4,33)34/h7-14,16,18,26H,5-6,15,17H2,1-4H3,(H,28,31)/b14-9+/t26-/m0/s1. The first kappa shape index (κ1) is 27.9. The second-order valence-corrected chi connectivity index (χ2v) is 11.1. The number of Topliss-reactive ketones (excluding diaryl/α,β-unsaturated/α-hetero) is 1. The molecule has 2 aromatic carbocycles. The lowest BCUT2D eigenvalue weighted by molar-refractivity contribution is -0.147. The first-order chi connectivity index (χ1) is 17.5. The number of methoxy groups -OCH3 is 1. The molecule has 1 atom stereocenters. The Bertz CT molecular complexity index is 1280. The zero-order chi connectivity index (χ0) is 27.2. The normalized spacial score (nSPS) is 14.2. The number of ketones is 1. The van der Waals surface area contributed by atoms with E-state index >= 15 is 0 Å². The fraction of sp³-hybridized carbons (Fsp3) is 0.370. The van der Waals surface area contributed by atoms with Crippen LogP contribution >= 0.6 is 0 Å². The maximum atomic E-state index is 12.7. The molecule has 0 spiro atoms. The van der Waals surface area contributed by atoms with Crippen molar-refractivity contribution >= 4 is 39.4 Å². The lowest BCUT2D eigenvalue weighted by Crippen LogP contribution is -2.45. The Labute approximate surface area is 217 Å². The average molecular weight is 529 g/mol. The Hall–Kier alpha value is -3.66. The average Bonchev–Trinajstić information content (AvgIpc) is 2.87. The van der Waals surface area contributed by atoms with Crippen LogP contribution in [0.4, 0.5) is 5.69 Å². The number of hydrogen-bond acceptors (Lipinski definition) is 7. The molecule has 1 amide bonds. The highest BCUT2D eigenvalue weighted by Crippen LogP contribution is 2.30. The van der Waals surface area contributed by atoms with Gasteiger partial charge in [0.05, 0.1) is 19.1 Å². The molecule has 9 nitrogen and oxygen atoms in total. The minimum Gasteiger partial charge on any atom is -0.497 e. The van der Waals surface area contributed by atoms with Gasteiger partial charge < -0.3 is 14.8 Å². The number of benzene rings is 2. The van der Waals surface area contributed by atoms with E-state index in [1.165, 1.54) is 16.4 Å². The summed E-state index contributed by atoms with van der Waals surface area (Å²) >= 11 is 0. The number of carbonyl (C=O) groups is 3. The highest BCUT2D eigenvalue weighted by Gasteiger charge is 2.27. The summed E-state index contributed by atoms with van der Waals surface area (Å²) in [7, 11) is -1.84. The van der Waals surface area contributed by atoms with Gasteiger partial charge in [-0.3, -0.25) is 13.9 Å². The number of rotatable bonds is 10. The van der Waals surface area contributed by atoms with E-state index in [2.05, 4.69) is 5.32 Å². The molecule has 3 rings (SSSR count). The van der Waals surface area contributed by atoms with Crippen molar-refractivity contribution in [1.82, 2.24) is 5.32 Å². The van der Waals surface area contributed by atoms with Gasteiger partial charge in [-0.25, -0.2) is 13.2 Å². The van der Waals surface area contributed by atoms with Crippen molar-refractivity contribution in [3.63, 3.8) is 0 Å². The van der Waals surface area contributed by atoms with E-state index in [0.29, 0.717) is 36.4 Å². The van der Waals surface area contributed by atoms with Crippen LogP contribution in [0, 0.1) is 5.92 Å². The minimum absolute atomic E-state index is 0.272. The molecule has 10 heteroatoms. The fourth-order valence-electron chi connectivity index (χ4n) is 3.98.